The van der Waals surface area contributed by atoms with Crippen molar-refractivity contribution in [2.75, 3.05) is 0 Å². The third-order valence-electron chi connectivity index (χ3n) is 1.41. The van der Waals surface area contributed by atoms with Gasteiger partial charge in [0.1, 0.15) is 4.32 Å². The van der Waals surface area contributed by atoms with Crippen LogP contribution in [-0.2, 0) is 0 Å². The number of hydrogen-bond acceptors (Lipinski definition) is 1. The van der Waals surface area contributed by atoms with Crippen molar-refractivity contribution in [3.05, 3.63) is 0 Å². The van der Waals surface area contributed by atoms with E-state index >= 15 is 0 Å². The molecule has 0 aromatic carbocycles. The van der Waals surface area contributed by atoms with Gasteiger partial charge in [-0.1, -0.05) is 12.2 Å². The molecule has 0 atom stereocenters. The SMILES string of the molecule is CCC[CH2][Sn][CH2]CCC.NC(=S)S. The minimum Gasteiger partial charge on any atom is -0.385 e. The first-order valence-corrected chi connectivity index (χ1v) is 9.73. The third-order valence-corrected chi connectivity index (χ3v) is 5.45. The fourth-order valence-electron chi connectivity index (χ4n) is 0.729. The largest absolute Gasteiger partial charge is 0.385 e. The Bertz CT molecular complexity index is 99.8. The molecular formula is C9H21NS2Sn. The van der Waals surface area contributed by atoms with Crippen LogP contribution < -0.4 is 5.73 Å². The first-order chi connectivity index (χ1) is 6.15. The average Bonchev–Trinajstić information content (AvgIpc) is 2.03. The summed E-state index contributed by atoms with van der Waals surface area (Å²) in [6.07, 6.45) is 5.84. The molecule has 0 saturated carbocycles. The molecule has 0 saturated heterocycles. The molecule has 4 heteroatoms. The van der Waals surface area contributed by atoms with Gasteiger partial charge in [0.2, 0.25) is 0 Å². The van der Waals surface area contributed by atoms with Crippen molar-refractivity contribution in [2.45, 2.75) is 48.4 Å². The van der Waals surface area contributed by atoms with Crippen molar-refractivity contribution < 1.29 is 0 Å². The van der Waals surface area contributed by atoms with Gasteiger partial charge in [-0.15, -0.1) is 12.6 Å². The van der Waals surface area contributed by atoms with Gasteiger partial charge in [-0.3, -0.25) is 0 Å². The Morgan fingerprint density at radius 1 is 1.23 bits per heavy atom. The van der Waals surface area contributed by atoms with Gasteiger partial charge in [0.05, 0.1) is 0 Å². The van der Waals surface area contributed by atoms with Gasteiger partial charge in [0.15, 0.2) is 0 Å². The Labute approximate surface area is 104 Å². The van der Waals surface area contributed by atoms with E-state index in [1.54, 1.807) is 8.87 Å². The summed E-state index contributed by atoms with van der Waals surface area (Å²) >= 11 is 7.80. The predicted octanol–water partition coefficient (Wildman–Crippen LogP) is 3.29. The Morgan fingerprint density at radius 2 is 1.54 bits per heavy atom. The Kier molecular flexibility index (Phi) is 19.6. The molecule has 0 bridgehead atoms. The first kappa shape index (κ1) is 16.5. The second-order valence-electron chi connectivity index (χ2n) is 2.80. The number of rotatable bonds is 6. The molecule has 13 heavy (non-hydrogen) atoms. The van der Waals surface area contributed by atoms with E-state index in [0.29, 0.717) is 0 Å². The maximum Gasteiger partial charge on any atom is 0.128 e. The summed E-state index contributed by atoms with van der Waals surface area (Å²) in [5.41, 5.74) is 4.71. The van der Waals surface area contributed by atoms with Crippen molar-refractivity contribution in [1.29, 1.82) is 0 Å². The van der Waals surface area contributed by atoms with Crippen molar-refractivity contribution in [3.63, 3.8) is 0 Å². The molecule has 0 heterocycles. The van der Waals surface area contributed by atoms with Gasteiger partial charge in [-0.2, -0.15) is 0 Å². The molecule has 0 spiro atoms. The van der Waals surface area contributed by atoms with E-state index in [4.69, 9.17) is 5.73 Å². The van der Waals surface area contributed by atoms with Crippen LogP contribution in [-0.4, -0.2) is 25.5 Å². The number of thiol groups is 1. The third kappa shape index (κ3) is 32.1. The number of nitrogens with two attached hydrogens (primary N) is 1. The zero-order valence-electron chi connectivity index (χ0n) is 8.68. The molecule has 0 aliphatic heterocycles. The molecule has 1 nitrogen and oxygen atoms in total. The van der Waals surface area contributed by atoms with E-state index in [2.05, 4.69) is 38.7 Å². The molecule has 0 amide bonds. The van der Waals surface area contributed by atoms with E-state index in [0.717, 1.165) is 0 Å². The number of unbranched alkanes of at least 4 members (excludes halogenated alkanes) is 2. The zero-order valence-corrected chi connectivity index (χ0v) is 13.2. The van der Waals surface area contributed by atoms with Crippen LogP contribution in [0.1, 0.15) is 39.5 Å². The van der Waals surface area contributed by atoms with E-state index in [-0.39, 0.29) is 25.5 Å². The second-order valence-corrected chi connectivity index (χ2v) is 8.30. The van der Waals surface area contributed by atoms with Crippen LogP contribution in [0.5, 0.6) is 0 Å². The van der Waals surface area contributed by atoms with E-state index in [1.165, 1.54) is 25.7 Å². The molecule has 0 aromatic rings. The average molecular weight is 326 g/mol. The topological polar surface area (TPSA) is 26.0 Å². The van der Waals surface area contributed by atoms with E-state index in [1.807, 2.05) is 0 Å². The quantitative estimate of drug-likeness (QED) is 0.339. The fraction of sp³-hybridized carbons (Fsp3) is 0.889. The second kappa shape index (κ2) is 15.5. The summed E-state index contributed by atoms with van der Waals surface area (Å²) in [6, 6.07) is 0. The smallest absolute Gasteiger partial charge is 0.128 e. The van der Waals surface area contributed by atoms with Crippen LogP contribution in [0.15, 0.2) is 0 Å². The maximum atomic E-state index is 4.71. The molecule has 0 aromatic heterocycles. The molecule has 0 rings (SSSR count). The summed E-state index contributed by atoms with van der Waals surface area (Å²) < 4.78 is 3.44. The van der Waals surface area contributed by atoms with Gasteiger partial charge in [-0.25, -0.2) is 0 Å². The molecule has 2 radical (unpaired) electrons. The molecular weight excluding hydrogens is 305 g/mol. The summed E-state index contributed by atoms with van der Waals surface area (Å²) in [5, 5.41) is 0. The normalized spacial score (nSPS) is 8.85. The molecule has 0 unspecified atom stereocenters. The van der Waals surface area contributed by atoms with Crippen molar-refractivity contribution in [3.8, 4) is 0 Å². The summed E-state index contributed by atoms with van der Waals surface area (Å²) in [5.74, 6) is 0. The van der Waals surface area contributed by atoms with Crippen LogP contribution in [0.2, 0.25) is 8.87 Å². The van der Waals surface area contributed by atoms with Gasteiger partial charge in [-0.05, 0) is 0 Å². The van der Waals surface area contributed by atoms with Gasteiger partial charge >= 0.3 is 69.5 Å². The standard InChI is InChI=1S/2C4H9.CH3NS2.Sn/c2*1-3-4-2;2-1(3)4;/h2*1,3-4H2,2H3;(H3,2,3,4);. The monoisotopic (exact) mass is 327 g/mol. The molecule has 0 aliphatic carbocycles. The summed E-state index contributed by atoms with van der Waals surface area (Å²) in [7, 11) is 0. The Hall–Kier alpha value is 1.04. The minimum absolute atomic E-state index is 0.149. The zero-order chi connectivity index (χ0) is 10.5. The van der Waals surface area contributed by atoms with Gasteiger partial charge in [0, 0.05) is 0 Å². The van der Waals surface area contributed by atoms with Crippen LogP contribution >= 0.6 is 24.8 Å². The molecule has 78 valence electrons. The summed E-state index contributed by atoms with van der Waals surface area (Å²) in [6.45, 7) is 4.58. The van der Waals surface area contributed by atoms with Crippen molar-refractivity contribution in [1.82, 2.24) is 0 Å². The van der Waals surface area contributed by atoms with Crippen LogP contribution in [0.3, 0.4) is 0 Å². The molecule has 0 aliphatic rings. The van der Waals surface area contributed by atoms with Crippen molar-refractivity contribution in [2.24, 2.45) is 5.73 Å². The predicted molar refractivity (Wildman–Crippen MR) is 71.0 cm³/mol. The van der Waals surface area contributed by atoms with Crippen molar-refractivity contribution >= 4 is 50.3 Å². The van der Waals surface area contributed by atoms with Crippen LogP contribution in [0.4, 0.5) is 0 Å². The van der Waals surface area contributed by atoms with Crippen LogP contribution in [0, 0.1) is 0 Å². The maximum absolute atomic E-state index is 4.71. The number of thiocarbonyl (C=S) groups is 1. The minimum atomic E-state index is 0.149. The fourth-order valence-corrected chi connectivity index (χ4v) is 4.89. The molecule has 0 fully saturated rings. The van der Waals surface area contributed by atoms with Crippen LogP contribution in [0.25, 0.3) is 0 Å². The van der Waals surface area contributed by atoms with Gasteiger partial charge < -0.3 is 5.73 Å². The Balaban J connectivity index is 0. The first-order valence-electron chi connectivity index (χ1n) is 4.84. The molecule has 2 N–H and O–H groups in total. The Morgan fingerprint density at radius 3 is 1.77 bits per heavy atom. The number of hydrogen-bond donors (Lipinski definition) is 2. The van der Waals surface area contributed by atoms with E-state index < -0.39 is 0 Å². The summed E-state index contributed by atoms with van der Waals surface area (Å²) in [4.78, 5) is 0. The van der Waals surface area contributed by atoms with E-state index in [9.17, 15) is 0 Å². The van der Waals surface area contributed by atoms with Gasteiger partial charge in [0.25, 0.3) is 0 Å².